The molecule has 0 aliphatic carbocycles. The van der Waals surface area contributed by atoms with Gasteiger partial charge in [0.05, 0.1) is 5.60 Å². The molecule has 1 fully saturated rings. The number of nitrogens with one attached hydrogen (secondary N) is 1. The van der Waals surface area contributed by atoms with Crippen molar-refractivity contribution in [3.63, 3.8) is 0 Å². The Morgan fingerprint density at radius 1 is 1.45 bits per heavy atom. The molecule has 1 saturated heterocycles. The number of aromatic nitrogens is 4. The molecule has 0 amide bonds. The Morgan fingerprint density at radius 3 is 2.91 bits per heavy atom. The molecule has 2 aromatic heterocycles. The van der Waals surface area contributed by atoms with Crippen LogP contribution in [0.15, 0.2) is 0 Å². The fraction of sp³-hybridized carbons (Fsp3) is 0.615. The van der Waals surface area contributed by atoms with Crippen molar-refractivity contribution in [2.45, 2.75) is 38.5 Å². The lowest BCUT2D eigenvalue weighted by molar-refractivity contribution is 0.0444. The first kappa shape index (κ1) is 15.0. The van der Waals surface area contributed by atoms with Crippen LogP contribution < -0.4 is 9.64 Å². The summed E-state index contributed by atoms with van der Waals surface area (Å²) in [5, 5.41) is 26.8. The fourth-order valence-electron chi connectivity index (χ4n) is 2.82. The molecule has 0 spiro atoms. The van der Waals surface area contributed by atoms with Crippen molar-refractivity contribution in [3.8, 4) is 5.88 Å². The molecular weight excluding hydrogens is 285 g/mol. The van der Waals surface area contributed by atoms with Gasteiger partial charge in [0, 0.05) is 13.1 Å². The lowest BCUT2D eigenvalue weighted by atomic mass is 9.95. The van der Waals surface area contributed by atoms with Crippen molar-refractivity contribution in [1.82, 2.24) is 20.2 Å². The zero-order chi connectivity index (χ0) is 15.9. The van der Waals surface area contributed by atoms with Gasteiger partial charge in [-0.25, -0.2) is 9.97 Å². The minimum absolute atomic E-state index is 0.144. The molecule has 1 unspecified atom stereocenters. The molecule has 116 valence electrons. The molecule has 3 rings (SSSR count). The van der Waals surface area contributed by atoms with Gasteiger partial charge in [-0.05, 0) is 26.7 Å². The summed E-state index contributed by atoms with van der Waals surface area (Å²) in [6.07, 6.45) is 0.114. The highest BCUT2D eigenvalue weighted by atomic mass is 16.6. The van der Waals surface area contributed by atoms with Crippen molar-refractivity contribution in [2.24, 2.45) is 0 Å². The minimum Gasteiger partial charge on any atom is -0.456 e. The number of H-pyrrole nitrogens is 1. The third kappa shape index (κ3) is 2.86. The van der Waals surface area contributed by atoms with E-state index >= 15 is 0 Å². The summed E-state index contributed by atoms with van der Waals surface area (Å²) in [6, 6.07) is 0. The van der Waals surface area contributed by atoms with Crippen LogP contribution in [0, 0.1) is 6.92 Å². The van der Waals surface area contributed by atoms with Gasteiger partial charge in [-0.15, -0.1) is 5.10 Å². The number of hydrogen-bond donors (Lipinski definition) is 3. The van der Waals surface area contributed by atoms with Crippen molar-refractivity contribution < 1.29 is 14.9 Å². The van der Waals surface area contributed by atoms with Crippen LogP contribution in [0.2, 0.25) is 0 Å². The number of aliphatic hydroxyl groups is 2. The van der Waals surface area contributed by atoms with Crippen molar-refractivity contribution in [1.29, 1.82) is 0 Å². The first-order valence-corrected chi connectivity index (χ1v) is 7.16. The average Bonchev–Trinajstić information content (AvgIpc) is 2.78. The molecule has 2 radical (unpaired) electrons. The van der Waals surface area contributed by atoms with Gasteiger partial charge >= 0.3 is 0 Å². The lowest BCUT2D eigenvalue weighted by Crippen LogP contribution is -2.46. The largest absolute Gasteiger partial charge is 0.456 e. The molecule has 3 N–H and O–H groups in total. The topological polar surface area (TPSA) is 107 Å². The average molecular weight is 303 g/mol. The van der Waals surface area contributed by atoms with Gasteiger partial charge in [-0.2, -0.15) is 0 Å². The summed E-state index contributed by atoms with van der Waals surface area (Å²) in [4.78, 5) is 10.7. The maximum atomic E-state index is 10.3. The van der Waals surface area contributed by atoms with Gasteiger partial charge in [0.2, 0.25) is 5.88 Å². The highest BCUT2D eigenvalue weighted by Gasteiger charge is 2.31. The summed E-state index contributed by atoms with van der Waals surface area (Å²) < 4.78 is 5.11. The van der Waals surface area contributed by atoms with Gasteiger partial charge in [-0.3, -0.25) is 5.10 Å². The molecule has 22 heavy (non-hydrogen) atoms. The molecule has 2 aromatic rings. The molecule has 2 atom stereocenters. The summed E-state index contributed by atoms with van der Waals surface area (Å²) in [5.74, 6) is 1.34. The Balaban J connectivity index is 2.08. The molecule has 1 aliphatic heterocycles. The molecular formula is C13H18BN5O3. The van der Waals surface area contributed by atoms with Crippen LogP contribution in [0.1, 0.15) is 25.6 Å². The molecule has 0 saturated carbocycles. The monoisotopic (exact) mass is 303 g/mol. The van der Waals surface area contributed by atoms with Gasteiger partial charge < -0.3 is 19.8 Å². The number of aryl methyl sites for hydroxylation is 1. The van der Waals surface area contributed by atoms with Crippen molar-refractivity contribution >= 4 is 24.7 Å². The summed E-state index contributed by atoms with van der Waals surface area (Å²) >= 11 is 0. The minimum atomic E-state index is -1.48. The maximum absolute atomic E-state index is 10.3. The number of ether oxygens (including phenoxy) is 1. The van der Waals surface area contributed by atoms with Crippen LogP contribution in [0.25, 0.3) is 11.0 Å². The molecule has 0 aromatic carbocycles. The second-order valence-corrected chi connectivity index (χ2v) is 5.88. The van der Waals surface area contributed by atoms with E-state index in [1.807, 2.05) is 4.90 Å². The summed E-state index contributed by atoms with van der Waals surface area (Å²) in [6.45, 7) is 4.80. The number of aliphatic hydroxyl groups excluding tert-OH is 1. The van der Waals surface area contributed by atoms with Crippen LogP contribution in [0.5, 0.6) is 5.88 Å². The molecule has 9 heteroatoms. The molecule has 1 aliphatic rings. The Morgan fingerprint density at radius 2 is 2.23 bits per heavy atom. The zero-order valence-electron chi connectivity index (χ0n) is 12.6. The maximum Gasteiger partial charge on any atom is 0.247 e. The van der Waals surface area contributed by atoms with Crippen molar-refractivity contribution in [3.05, 3.63) is 5.82 Å². The number of fused-ring (bicyclic) bond motifs is 1. The van der Waals surface area contributed by atoms with E-state index in [9.17, 15) is 10.2 Å². The first-order valence-electron chi connectivity index (χ1n) is 7.16. The predicted octanol–water partition coefficient (Wildman–Crippen LogP) is -0.164. The van der Waals surface area contributed by atoms with E-state index in [-0.39, 0.29) is 5.88 Å². The van der Waals surface area contributed by atoms with Gasteiger partial charge in [0.1, 0.15) is 23.2 Å². The highest BCUT2D eigenvalue weighted by Crippen LogP contribution is 2.33. The number of aromatic amines is 1. The van der Waals surface area contributed by atoms with Crippen LogP contribution in [0.4, 0.5) is 5.82 Å². The van der Waals surface area contributed by atoms with Gasteiger partial charge in [-0.1, -0.05) is 0 Å². The van der Waals surface area contributed by atoms with Gasteiger partial charge in [0.15, 0.2) is 13.5 Å². The number of hydrogen-bond acceptors (Lipinski definition) is 7. The van der Waals surface area contributed by atoms with E-state index in [0.29, 0.717) is 29.2 Å². The normalized spacial score (nSPS) is 23.7. The summed E-state index contributed by atoms with van der Waals surface area (Å²) in [7, 11) is 5.26. The van der Waals surface area contributed by atoms with E-state index in [1.165, 1.54) is 0 Å². The standard InChI is InChI=1S/C13H18BN5O3/c1-7-15-9-8(11(18-17-9)22-12(14)20)10(16-7)19-5-3-4-13(2,21)6-19/h12,20-21H,3-6H2,1-2H3,(H,15,16,17,18)/t12?,13-/m0/s1. The molecule has 3 heterocycles. The first-order chi connectivity index (χ1) is 10.4. The Hall–Kier alpha value is -1.87. The van der Waals surface area contributed by atoms with Crippen molar-refractivity contribution in [2.75, 3.05) is 18.0 Å². The number of β-amino-alcohol motifs (C(OH)–C–C–N with tert-alkyl or cyclic N) is 1. The van der Waals surface area contributed by atoms with Crippen LogP contribution in [-0.4, -0.2) is 63.1 Å². The van der Waals surface area contributed by atoms with E-state index in [2.05, 4.69) is 20.2 Å². The quantitative estimate of drug-likeness (QED) is 0.534. The zero-order valence-corrected chi connectivity index (χ0v) is 12.6. The number of piperidine rings is 1. The van der Waals surface area contributed by atoms with E-state index in [0.717, 1.165) is 19.4 Å². The van der Waals surface area contributed by atoms with E-state index in [1.54, 1.807) is 13.8 Å². The summed E-state index contributed by atoms with van der Waals surface area (Å²) in [5.41, 5.74) is -0.273. The number of rotatable bonds is 3. The number of anilines is 1. The fourth-order valence-corrected chi connectivity index (χ4v) is 2.82. The van der Waals surface area contributed by atoms with Gasteiger partial charge in [0.25, 0.3) is 0 Å². The SMILES string of the molecule is [B]C(O)Oc1n[nH]c2nc(C)nc(N3CCC[C@](C)(O)C3)c12. The number of nitrogens with zero attached hydrogens (tertiary/aromatic N) is 4. The molecule has 8 nitrogen and oxygen atoms in total. The molecule has 0 bridgehead atoms. The Bertz CT molecular complexity index is 688. The van der Waals surface area contributed by atoms with E-state index in [4.69, 9.17) is 12.6 Å². The smallest absolute Gasteiger partial charge is 0.247 e. The predicted molar refractivity (Wildman–Crippen MR) is 80.9 cm³/mol. The van der Waals surface area contributed by atoms with Crippen LogP contribution in [0.3, 0.4) is 0 Å². The Kier molecular flexibility index (Phi) is 3.69. The highest BCUT2D eigenvalue weighted by molar-refractivity contribution is 6.10. The second-order valence-electron chi connectivity index (χ2n) is 5.88. The Labute approximate surface area is 128 Å². The van der Waals surface area contributed by atoms with Crippen LogP contribution in [-0.2, 0) is 0 Å². The van der Waals surface area contributed by atoms with E-state index < -0.39 is 11.8 Å². The third-order valence-corrected chi connectivity index (χ3v) is 3.69. The van der Waals surface area contributed by atoms with Crippen LogP contribution >= 0.6 is 0 Å². The second kappa shape index (κ2) is 5.40. The lowest BCUT2D eigenvalue weighted by Gasteiger charge is -2.37. The third-order valence-electron chi connectivity index (χ3n) is 3.69.